The highest BCUT2D eigenvalue weighted by molar-refractivity contribution is 7.92. The minimum atomic E-state index is -3.37. The summed E-state index contributed by atoms with van der Waals surface area (Å²) in [5, 5.41) is 9.15. The van der Waals surface area contributed by atoms with Gasteiger partial charge in [0, 0.05) is 22.4 Å². The average molecular weight is 650 g/mol. The number of pyridine rings is 1. The number of hydrogen-bond acceptors (Lipinski definition) is 8. The summed E-state index contributed by atoms with van der Waals surface area (Å²) < 4.78 is 30.9. The van der Waals surface area contributed by atoms with E-state index in [9.17, 15) is 13.2 Å². The molecule has 5 aromatic rings. The normalized spacial score (nSPS) is 13.8. The number of halogens is 2. The average Bonchev–Trinajstić information content (AvgIpc) is 3.37. The molecule has 3 N–H and O–H groups in total. The molecule has 1 aromatic heterocycles. The number of rotatable bonds is 5. The number of fused-ring (bicyclic) bond motifs is 4. The number of amides is 1. The predicted molar refractivity (Wildman–Crippen MR) is 176 cm³/mol. The van der Waals surface area contributed by atoms with Gasteiger partial charge in [-0.2, -0.15) is 0 Å². The van der Waals surface area contributed by atoms with Crippen LogP contribution in [0.2, 0.25) is 10.0 Å². The maximum Gasteiger partial charge on any atom is 0.246 e. The van der Waals surface area contributed by atoms with Gasteiger partial charge in [-0.25, -0.2) is 18.4 Å². The summed E-state index contributed by atoms with van der Waals surface area (Å²) in [6.07, 6.45) is 1.11. The molecule has 1 amide bonds. The highest BCUT2D eigenvalue weighted by atomic mass is 35.5. The first-order valence-corrected chi connectivity index (χ1v) is 16.0. The van der Waals surface area contributed by atoms with Crippen LogP contribution in [-0.4, -0.2) is 50.1 Å². The highest BCUT2D eigenvalue weighted by Crippen LogP contribution is 2.38. The van der Waals surface area contributed by atoms with Crippen molar-refractivity contribution in [3.05, 3.63) is 94.5 Å². The van der Waals surface area contributed by atoms with Gasteiger partial charge in [-0.1, -0.05) is 59.6 Å². The number of ether oxygens (including phenoxy) is 1. The lowest BCUT2D eigenvalue weighted by Gasteiger charge is -2.23. The molecule has 0 saturated carbocycles. The van der Waals surface area contributed by atoms with Crippen LogP contribution < -0.4 is 20.1 Å². The first kappa shape index (κ1) is 29.5. The Labute approximate surface area is 263 Å². The molecule has 1 saturated heterocycles. The Morgan fingerprint density at radius 3 is 2.27 bits per heavy atom. The quantitative estimate of drug-likeness (QED) is 0.187. The third kappa shape index (κ3) is 6.07. The highest BCUT2D eigenvalue weighted by Gasteiger charge is 2.30. The zero-order chi connectivity index (χ0) is 31.0. The van der Waals surface area contributed by atoms with Crippen molar-refractivity contribution in [3.8, 4) is 5.75 Å². The Bertz CT molecular complexity index is 2030. The zero-order valence-electron chi connectivity index (χ0n) is 23.6. The Hall–Kier alpha value is -4.58. The number of guanidine groups is 1. The second-order valence-electron chi connectivity index (χ2n) is 10.1. The number of hydrogen-bond donors (Lipinski definition) is 3. The fourth-order valence-electron chi connectivity index (χ4n) is 5.04. The van der Waals surface area contributed by atoms with Crippen molar-refractivity contribution in [1.29, 1.82) is 0 Å². The van der Waals surface area contributed by atoms with Gasteiger partial charge >= 0.3 is 0 Å². The molecule has 0 bridgehead atoms. The number of sulfonamides is 1. The minimum absolute atomic E-state index is 0.0474. The number of para-hydroxylation sites is 2. The van der Waals surface area contributed by atoms with Crippen LogP contribution in [0.3, 0.4) is 0 Å². The molecule has 13 heteroatoms. The van der Waals surface area contributed by atoms with Gasteiger partial charge in [-0.3, -0.25) is 14.8 Å². The van der Waals surface area contributed by atoms with Crippen LogP contribution in [0.1, 0.15) is 5.56 Å². The number of methoxy groups -OCH3 is 1. The van der Waals surface area contributed by atoms with Crippen LogP contribution in [0.4, 0.5) is 22.7 Å². The maximum absolute atomic E-state index is 11.5. The molecule has 2 aliphatic rings. The van der Waals surface area contributed by atoms with E-state index < -0.39 is 10.0 Å². The van der Waals surface area contributed by atoms with Crippen molar-refractivity contribution in [2.75, 3.05) is 29.9 Å². The van der Waals surface area contributed by atoms with Gasteiger partial charge < -0.3 is 15.0 Å². The lowest BCUT2D eigenvalue weighted by molar-refractivity contribution is -0.118. The molecule has 10 nitrogen and oxygen atoms in total. The number of carbonyl (C=O) groups is 1. The molecule has 1 fully saturated rings. The van der Waals surface area contributed by atoms with Crippen molar-refractivity contribution in [1.82, 2.24) is 15.2 Å². The predicted octanol–water partition coefficient (Wildman–Crippen LogP) is 6.44. The van der Waals surface area contributed by atoms with Crippen LogP contribution in [-0.2, 0) is 21.4 Å². The molecule has 0 atom stereocenters. The summed E-state index contributed by atoms with van der Waals surface area (Å²) in [5.74, 6) is 1.07. The molecular weight excluding hydrogens is 623 g/mol. The largest absolute Gasteiger partial charge is 0.494 e. The zero-order valence-corrected chi connectivity index (χ0v) is 25.9. The SMILES string of the molecule is COc1cc(NS(C)(=O)=O)ccc1Nc1c2ccccc2nc2ccccc12.O=C1CN2Cc3c(ccc(Cl)c3Cl)N=C2N1. The standard InChI is InChI=1S/C21H19N3O3S.C10H7Cl2N3O/c1-27-20-13-14(24-28(2,25)26)11-12-19(20)23-21-15-7-3-5-9-17(15)22-18-10-6-4-8-16(18)21;11-6-1-2-7-5(9(6)12)3-15-4-8(16)14-10(15)13-7/h3-13,24H,1-2H3,(H,22,23);1-2H,3-4H2,(H,13,14,16). The number of anilines is 3. The summed E-state index contributed by atoms with van der Waals surface area (Å²) in [7, 11) is -1.82. The first-order chi connectivity index (χ1) is 21.1. The third-order valence-corrected chi connectivity index (χ3v) is 8.43. The van der Waals surface area contributed by atoms with Crippen molar-refractivity contribution in [2.24, 2.45) is 4.99 Å². The van der Waals surface area contributed by atoms with E-state index in [2.05, 4.69) is 20.3 Å². The second-order valence-corrected chi connectivity index (χ2v) is 12.7. The van der Waals surface area contributed by atoms with Crippen molar-refractivity contribution < 1.29 is 17.9 Å². The van der Waals surface area contributed by atoms with E-state index in [0.717, 1.165) is 50.7 Å². The van der Waals surface area contributed by atoms with Crippen LogP contribution in [0, 0.1) is 0 Å². The molecule has 0 spiro atoms. The van der Waals surface area contributed by atoms with Gasteiger partial charge in [0.25, 0.3) is 0 Å². The summed E-state index contributed by atoms with van der Waals surface area (Å²) >= 11 is 12.0. The van der Waals surface area contributed by atoms with Crippen LogP contribution >= 0.6 is 23.2 Å². The van der Waals surface area contributed by atoms with Crippen LogP contribution in [0.5, 0.6) is 5.75 Å². The molecular formula is C31H26Cl2N6O4S. The Balaban J connectivity index is 0.000000181. The number of benzene rings is 4. The molecule has 0 radical (unpaired) electrons. The van der Waals surface area contributed by atoms with Gasteiger partial charge in [-0.15, -0.1) is 0 Å². The summed E-state index contributed by atoms with van der Waals surface area (Å²) in [4.78, 5) is 22.1. The van der Waals surface area contributed by atoms with Crippen LogP contribution in [0.15, 0.2) is 83.9 Å². The second kappa shape index (κ2) is 11.8. The molecule has 3 heterocycles. The number of aromatic nitrogens is 1. The lowest BCUT2D eigenvalue weighted by atomic mass is 10.1. The Kier molecular flexibility index (Phi) is 7.93. The molecule has 0 aliphatic carbocycles. The Morgan fingerprint density at radius 2 is 1.61 bits per heavy atom. The number of nitrogens with one attached hydrogen (secondary N) is 3. The van der Waals surface area contributed by atoms with E-state index in [-0.39, 0.29) is 5.91 Å². The van der Waals surface area contributed by atoms with E-state index in [1.165, 1.54) is 0 Å². The summed E-state index contributed by atoms with van der Waals surface area (Å²) in [5.41, 5.74) is 5.49. The van der Waals surface area contributed by atoms with Crippen molar-refractivity contribution in [3.63, 3.8) is 0 Å². The van der Waals surface area contributed by atoms with Gasteiger partial charge in [0.2, 0.25) is 21.9 Å². The topological polar surface area (TPSA) is 125 Å². The van der Waals surface area contributed by atoms with Crippen molar-refractivity contribution in [2.45, 2.75) is 6.54 Å². The van der Waals surface area contributed by atoms with E-state index in [1.807, 2.05) is 53.4 Å². The molecule has 4 aromatic carbocycles. The summed E-state index contributed by atoms with van der Waals surface area (Å²) in [6.45, 7) is 0.882. The molecule has 2 aliphatic heterocycles. The van der Waals surface area contributed by atoms with E-state index in [1.54, 1.807) is 37.4 Å². The third-order valence-electron chi connectivity index (χ3n) is 6.98. The molecule has 224 valence electrons. The van der Waals surface area contributed by atoms with Gasteiger partial charge in [0.15, 0.2) is 0 Å². The van der Waals surface area contributed by atoms with Gasteiger partial charge in [0.05, 0.1) is 63.7 Å². The minimum Gasteiger partial charge on any atom is -0.494 e. The van der Waals surface area contributed by atoms with E-state index >= 15 is 0 Å². The molecule has 44 heavy (non-hydrogen) atoms. The molecule has 0 unspecified atom stereocenters. The van der Waals surface area contributed by atoms with Gasteiger partial charge in [-0.05, 0) is 36.4 Å². The number of carbonyl (C=O) groups excluding carboxylic acids is 1. The first-order valence-electron chi connectivity index (χ1n) is 13.4. The molecule has 7 rings (SSSR count). The summed E-state index contributed by atoms with van der Waals surface area (Å²) in [6, 6.07) is 24.5. The lowest BCUT2D eigenvalue weighted by Crippen LogP contribution is -2.32. The van der Waals surface area contributed by atoms with E-state index in [4.69, 9.17) is 32.9 Å². The van der Waals surface area contributed by atoms with Gasteiger partial charge in [0.1, 0.15) is 12.3 Å². The van der Waals surface area contributed by atoms with Crippen LogP contribution in [0.25, 0.3) is 21.8 Å². The van der Waals surface area contributed by atoms with E-state index in [0.29, 0.717) is 40.5 Å². The Morgan fingerprint density at radius 1 is 0.932 bits per heavy atom. The smallest absolute Gasteiger partial charge is 0.246 e. The fraction of sp³-hybridized carbons (Fsp3) is 0.129. The number of nitrogens with zero attached hydrogens (tertiary/aromatic N) is 3. The monoisotopic (exact) mass is 648 g/mol. The van der Waals surface area contributed by atoms with Crippen molar-refractivity contribution >= 4 is 89.6 Å². The fourth-order valence-corrected chi connectivity index (χ4v) is 6.00. The number of aliphatic imine (C=N–C) groups is 1. The maximum atomic E-state index is 11.5.